The van der Waals surface area contributed by atoms with Crippen LogP contribution in [0.25, 0.3) is 0 Å². The second-order valence-electron chi connectivity index (χ2n) is 3.68. The first-order chi connectivity index (χ1) is 5.68. The second kappa shape index (κ2) is 4.29. The number of aliphatic carboxylic acids is 1. The van der Waals surface area contributed by atoms with E-state index < -0.39 is 5.97 Å². The van der Waals surface area contributed by atoms with Crippen molar-refractivity contribution in [2.24, 2.45) is 5.92 Å². The standard InChI is InChI=1S/C10H16O2/c1-8-3-2-4-9(6-5-8)7-10(11)12/h7-8H,2-6H2,1H3,(H,11,12)/b9-7-. The van der Waals surface area contributed by atoms with Gasteiger partial charge in [-0.2, -0.15) is 0 Å². The van der Waals surface area contributed by atoms with Gasteiger partial charge < -0.3 is 5.11 Å². The van der Waals surface area contributed by atoms with Crippen molar-refractivity contribution in [1.29, 1.82) is 0 Å². The van der Waals surface area contributed by atoms with Gasteiger partial charge in [0.05, 0.1) is 0 Å². The number of carbonyl (C=O) groups is 1. The average molecular weight is 168 g/mol. The Bertz CT molecular complexity index is 194. The molecule has 1 fully saturated rings. The lowest BCUT2D eigenvalue weighted by Gasteiger charge is -2.03. The molecule has 0 aliphatic heterocycles. The zero-order valence-corrected chi connectivity index (χ0v) is 7.55. The Hall–Kier alpha value is -0.790. The Labute approximate surface area is 73.3 Å². The number of hydrogen-bond donors (Lipinski definition) is 1. The van der Waals surface area contributed by atoms with Gasteiger partial charge in [-0.3, -0.25) is 0 Å². The summed E-state index contributed by atoms with van der Waals surface area (Å²) in [6, 6.07) is 0. The third-order valence-electron chi connectivity index (χ3n) is 2.48. The van der Waals surface area contributed by atoms with Gasteiger partial charge in [-0.1, -0.05) is 18.9 Å². The molecule has 1 saturated carbocycles. The van der Waals surface area contributed by atoms with E-state index in [2.05, 4.69) is 6.92 Å². The van der Waals surface area contributed by atoms with Crippen molar-refractivity contribution < 1.29 is 9.90 Å². The van der Waals surface area contributed by atoms with E-state index >= 15 is 0 Å². The van der Waals surface area contributed by atoms with Gasteiger partial charge in [0.2, 0.25) is 0 Å². The first-order valence-corrected chi connectivity index (χ1v) is 4.61. The van der Waals surface area contributed by atoms with E-state index in [1.165, 1.54) is 12.5 Å². The molecule has 1 atom stereocenters. The molecule has 12 heavy (non-hydrogen) atoms. The molecule has 2 heteroatoms. The number of allylic oxidation sites excluding steroid dienone is 1. The number of hydrogen-bond acceptors (Lipinski definition) is 1. The summed E-state index contributed by atoms with van der Waals surface area (Å²) in [7, 11) is 0. The predicted octanol–water partition coefficient (Wildman–Crippen LogP) is 2.60. The fourth-order valence-electron chi connectivity index (χ4n) is 1.70. The van der Waals surface area contributed by atoms with Crippen LogP contribution in [-0.4, -0.2) is 11.1 Å². The Morgan fingerprint density at radius 3 is 2.92 bits per heavy atom. The molecule has 0 aromatic carbocycles. The van der Waals surface area contributed by atoms with Gasteiger partial charge in [-0.25, -0.2) is 4.79 Å². The highest BCUT2D eigenvalue weighted by Gasteiger charge is 2.10. The van der Waals surface area contributed by atoms with Gasteiger partial charge in [-0.05, 0) is 31.6 Å². The van der Waals surface area contributed by atoms with Crippen LogP contribution in [0.3, 0.4) is 0 Å². The van der Waals surface area contributed by atoms with E-state index in [9.17, 15) is 4.79 Å². The first-order valence-electron chi connectivity index (χ1n) is 4.61. The smallest absolute Gasteiger partial charge is 0.328 e. The molecule has 1 unspecified atom stereocenters. The van der Waals surface area contributed by atoms with Crippen LogP contribution in [0.4, 0.5) is 0 Å². The summed E-state index contributed by atoms with van der Waals surface area (Å²) in [4.78, 5) is 10.4. The van der Waals surface area contributed by atoms with Gasteiger partial charge in [0, 0.05) is 6.08 Å². The van der Waals surface area contributed by atoms with Crippen LogP contribution >= 0.6 is 0 Å². The topological polar surface area (TPSA) is 37.3 Å². The molecular weight excluding hydrogens is 152 g/mol. The Morgan fingerprint density at radius 1 is 1.50 bits per heavy atom. The third-order valence-corrected chi connectivity index (χ3v) is 2.48. The van der Waals surface area contributed by atoms with Gasteiger partial charge in [0.1, 0.15) is 0 Å². The maximum Gasteiger partial charge on any atom is 0.328 e. The van der Waals surface area contributed by atoms with E-state index in [1.807, 2.05) is 0 Å². The maximum atomic E-state index is 10.4. The van der Waals surface area contributed by atoms with Crippen LogP contribution in [-0.2, 0) is 4.79 Å². The number of rotatable bonds is 1. The summed E-state index contributed by atoms with van der Waals surface area (Å²) in [5.74, 6) is -0.0238. The van der Waals surface area contributed by atoms with E-state index in [1.54, 1.807) is 0 Å². The van der Waals surface area contributed by atoms with Crippen molar-refractivity contribution in [1.82, 2.24) is 0 Å². The van der Waals surface area contributed by atoms with E-state index in [0.717, 1.165) is 37.2 Å². The quantitative estimate of drug-likeness (QED) is 0.482. The molecule has 0 heterocycles. The predicted molar refractivity (Wildman–Crippen MR) is 48.0 cm³/mol. The minimum absolute atomic E-state index is 0.768. The molecule has 1 rings (SSSR count). The van der Waals surface area contributed by atoms with E-state index in [4.69, 9.17) is 5.11 Å². The third kappa shape index (κ3) is 3.07. The molecule has 0 saturated heterocycles. The van der Waals surface area contributed by atoms with Crippen LogP contribution in [0.2, 0.25) is 0 Å². The molecule has 0 amide bonds. The molecule has 1 N–H and O–H groups in total. The first kappa shape index (κ1) is 9.30. The summed E-state index contributed by atoms with van der Waals surface area (Å²) < 4.78 is 0. The van der Waals surface area contributed by atoms with Crippen LogP contribution in [0.1, 0.15) is 39.0 Å². The minimum Gasteiger partial charge on any atom is -0.478 e. The molecule has 1 aliphatic rings. The van der Waals surface area contributed by atoms with Crippen molar-refractivity contribution in [2.45, 2.75) is 39.0 Å². The summed E-state index contributed by atoms with van der Waals surface area (Å²) in [6.45, 7) is 2.24. The zero-order chi connectivity index (χ0) is 8.97. The van der Waals surface area contributed by atoms with Crippen LogP contribution in [0.5, 0.6) is 0 Å². The lowest BCUT2D eigenvalue weighted by atomic mass is 10.0. The molecule has 2 nitrogen and oxygen atoms in total. The van der Waals surface area contributed by atoms with Gasteiger partial charge >= 0.3 is 5.97 Å². The Balaban J connectivity index is 2.51. The molecule has 0 radical (unpaired) electrons. The second-order valence-corrected chi connectivity index (χ2v) is 3.68. The van der Waals surface area contributed by atoms with Gasteiger partial charge in [0.25, 0.3) is 0 Å². The fraction of sp³-hybridized carbons (Fsp3) is 0.700. The van der Waals surface area contributed by atoms with Crippen molar-refractivity contribution in [3.05, 3.63) is 11.6 Å². The SMILES string of the molecule is CC1CCC/C(=C/C(=O)O)CC1. The van der Waals surface area contributed by atoms with Crippen LogP contribution in [0, 0.1) is 5.92 Å². The Kier molecular flexibility index (Phi) is 3.32. The molecule has 0 spiro atoms. The number of carboxylic acid groups (broad SMARTS) is 1. The zero-order valence-electron chi connectivity index (χ0n) is 7.55. The monoisotopic (exact) mass is 168 g/mol. The molecule has 0 aromatic heterocycles. The molecule has 1 aliphatic carbocycles. The average Bonchev–Trinajstić information content (AvgIpc) is 2.15. The lowest BCUT2D eigenvalue weighted by molar-refractivity contribution is -0.131. The Morgan fingerprint density at radius 2 is 2.25 bits per heavy atom. The van der Waals surface area contributed by atoms with Gasteiger partial charge in [0.15, 0.2) is 0 Å². The highest BCUT2D eigenvalue weighted by Crippen LogP contribution is 2.25. The largest absolute Gasteiger partial charge is 0.478 e. The highest BCUT2D eigenvalue weighted by molar-refractivity contribution is 5.80. The molecule has 0 bridgehead atoms. The van der Waals surface area contributed by atoms with Crippen molar-refractivity contribution >= 4 is 5.97 Å². The summed E-state index contributed by atoms with van der Waals surface area (Å²) >= 11 is 0. The molecular formula is C10H16O2. The van der Waals surface area contributed by atoms with Crippen LogP contribution < -0.4 is 0 Å². The van der Waals surface area contributed by atoms with E-state index in [-0.39, 0.29) is 0 Å². The molecule has 68 valence electrons. The minimum atomic E-state index is -0.792. The summed E-state index contributed by atoms with van der Waals surface area (Å²) in [6.07, 6.45) is 6.90. The highest BCUT2D eigenvalue weighted by atomic mass is 16.4. The van der Waals surface area contributed by atoms with Crippen LogP contribution in [0.15, 0.2) is 11.6 Å². The van der Waals surface area contributed by atoms with Crippen molar-refractivity contribution in [2.75, 3.05) is 0 Å². The van der Waals surface area contributed by atoms with Crippen molar-refractivity contribution in [3.8, 4) is 0 Å². The number of carboxylic acids is 1. The van der Waals surface area contributed by atoms with Crippen molar-refractivity contribution in [3.63, 3.8) is 0 Å². The van der Waals surface area contributed by atoms with E-state index in [0.29, 0.717) is 0 Å². The maximum absolute atomic E-state index is 10.4. The molecule has 0 aromatic rings. The normalized spacial score (nSPS) is 28.4. The summed E-state index contributed by atoms with van der Waals surface area (Å²) in [5, 5.41) is 8.55. The fourth-order valence-corrected chi connectivity index (χ4v) is 1.70. The lowest BCUT2D eigenvalue weighted by Crippen LogP contribution is -1.92. The van der Waals surface area contributed by atoms with Gasteiger partial charge in [-0.15, -0.1) is 0 Å². The summed E-state index contributed by atoms with van der Waals surface area (Å²) in [5.41, 5.74) is 1.12.